The number of likely N-dealkylation sites (N-methyl/N-ethyl adjacent to an activating group) is 1. The molecule has 0 heterocycles. The molecule has 33 heavy (non-hydrogen) atoms. The van der Waals surface area contributed by atoms with Gasteiger partial charge in [0.15, 0.2) is 0 Å². The lowest BCUT2D eigenvalue weighted by molar-refractivity contribution is -0.137. The van der Waals surface area contributed by atoms with Crippen molar-refractivity contribution in [1.82, 2.24) is 10.6 Å². The minimum Gasteiger partial charge on any atom is -0.481 e. The molecule has 0 bridgehead atoms. The van der Waals surface area contributed by atoms with E-state index in [1.165, 1.54) is 57.8 Å². The maximum absolute atomic E-state index is 11.8. The van der Waals surface area contributed by atoms with Crippen LogP contribution in [0, 0.1) is 0 Å². The average Bonchev–Trinajstić information content (AvgIpc) is 2.80. The van der Waals surface area contributed by atoms with Crippen LogP contribution in [0.15, 0.2) is 0 Å². The van der Waals surface area contributed by atoms with Crippen molar-refractivity contribution in [2.24, 2.45) is 0 Å². The number of carbonyl (C=O) groups is 3. The molecular weight excluding hydrogens is 424 g/mol. The van der Waals surface area contributed by atoms with E-state index in [4.69, 9.17) is 14.6 Å². The molecule has 8 heteroatoms. The van der Waals surface area contributed by atoms with Crippen molar-refractivity contribution < 1.29 is 29.0 Å². The zero-order valence-electron chi connectivity index (χ0n) is 20.8. The molecule has 0 aliphatic carbocycles. The fourth-order valence-corrected chi connectivity index (χ4v) is 3.49. The van der Waals surface area contributed by atoms with Crippen LogP contribution in [0.1, 0.15) is 103 Å². The summed E-state index contributed by atoms with van der Waals surface area (Å²) >= 11 is 0. The SMILES string of the molecule is CNC(=O)COCCOCCNC(=O)CCCCCCCCCCCCCCCCC(=O)O. The fraction of sp³-hybridized carbons (Fsp3) is 0.880. The number of carboxylic acid groups (broad SMARTS) is 1. The summed E-state index contributed by atoms with van der Waals surface area (Å²) in [7, 11) is 1.56. The quantitative estimate of drug-likeness (QED) is 0.172. The van der Waals surface area contributed by atoms with E-state index in [0.29, 0.717) is 39.2 Å². The highest BCUT2D eigenvalue weighted by Gasteiger charge is 2.01. The maximum atomic E-state index is 11.8. The van der Waals surface area contributed by atoms with Crippen LogP contribution in [-0.2, 0) is 23.9 Å². The third kappa shape index (κ3) is 26.5. The van der Waals surface area contributed by atoms with Gasteiger partial charge in [-0.1, -0.05) is 77.0 Å². The Balaban J connectivity index is 3.18. The van der Waals surface area contributed by atoms with Crippen LogP contribution in [0.5, 0.6) is 0 Å². The van der Waals surface area contributed by atoms with Crippen LogP contribution in [0.4, 0.5) is 0 Å². The third-order valence-electron chi connectivity index (χ3n) is 5.50. The lowest BCUT2D eigenvalue weighted by Gasteiger charge is -2.07. The Kier molecular flexibility index (Phi) is 23.7. The van der Waals surface area contributed by atoms with Gasteiger partial charge in [0.2, 0.25) is 11.8 Å². The van der Waals surface area contributed by atoms with Gasteiger partial charge in [-0.05, 0) is 12.8 Å². The predicted octanol–water partition coefficient (Wildman–Crippen LogP) is 4.21. The van der Waals surface area contributed by atoms with Gasteiger partial charge >= 0.3 is 5.97 Å². The molecule has 0 saturated carbocycles. The van der Waals surface area contributed by atoms with E-state index in [1.807, 2.05) is 0 Å². The highest BCUT2D eigenvalue weighted by atomic mass is 16.5. The van der Waals surface area contributed by atoms with Crippen molar-refractivity contribution in [2.75, 3.05) is 40.0 Å². The smallest absolute Gasteiger partial charge is 0.303 e. The zero-order chi connectivity index (χ0) is 24.4. The molecule has 0 aromatic carbocycles. The molecule has 0 aromatic rings. The van der Waals surface area contributed by atoms with Gasteiger partial charge in [0.1, 0.15) is 6.61 Å². The summed E-state index contributed by atoms with van der Waals surface area (Å²) in [4.78, 5) is 33.2. The number of aliphatic carboxylic acids is 1. The Hall–Kier alpha value is -1.67. The maximum Gasteiger partial charge on any atom is 0.303 e. The molecule has 0 unspecified atom stereocenters. The Morgan fingerprint density at radius 1 is 0.606 bits per heavy atom. The molecule has 3 N–H and O–H groups in total. The summed E-state index contributed by atoms with van der Waals surface area (Å²) in [5, 5.41) is 13.9. The molecule has 0 saturated heterocycles. The molecule has 0 radical (unpaired) electrons. The van der Waals surface area contributed by atoms with Crippen LogP contribution in [0.3, 0.4) is 0 Å². The lowest BCUT2D eigenvalue weighted by atomic mass is 10.0. The Morgan fingerprint density at radius 2 is 1.06 bits per heavy atom. The number of ether oxygens (including phenoxy) is 2. The molecule has 0 aromatic heterocycles. The molecule has 8 nitrogen and oxygen atoms in total. The zero-order valence-corrected chi connectivity index (χ0v) is 20.8. The Bertz CT molecular complexity index is 488. The summed E-state index contributed by atoms with van der Waals surface area (Å²) in [5.74, 6) is -0.762. The van der Waals surface area contributed by atoms with Crippen molar-refractivity contribution in [2.45, 2.75) is 103 Å². The van der Waals surface area contributed by atoms with Crippen molar-refractivity contribution in [3.05, 3.63) is 0 Å². The number of hydrogen-bond acceptors (Lipinski definition) is 5. The highest BCUT2D eigenvalue weighted by Crippen LogP contribution is 2.13. The molecule has 0 spiro atoms. The van der Waals surface area contributed by atoms with Crippen LogP contribution in [0.2, 0.25) is 0 Å². The molecule has 0 fully saturated rings. The molecule has 0 atom stereocenters. The summed E-state index contributed by atoms with van der Waals surface area (Å²) in [6.07, 6.45) is 17.4. The van der Waals surface area contributed by atoms with Gasteiger partial charge in [-0.2, -0.15) is 0 Å². The normalized spacial score (nSPS) is 10.8. The van der Waals surface area contributed by atoms with Crippen molar-refractivity contribution in [1.29, 1.82) is 0 Å². The van der Waals surface area contributed by atoms with Crippen molar-refractivity contribution in [3.63, 3.8) is 0 Å². The monoisotopic (exact) mass is 472 g/mol. The number of rotatable bonds is 25. The van der Waals surface area contributed by atoms with E-state index in [9.17, 15) is 14.4 Å². The summed E-state index contributed by atoms with van der Waals surface area (Å²) in [6, 6.07) is 0. The first-order valence-electron chi connectivity index (χ1n) is 12.9. The average molecular weight is 473 g/mol. The minimum atomic E-state index is -0.682. The Morgan fingerprint density at radius 3 is 1.55 bits per heavy atom. The van der Waals surface area contributed by atoms with Crippen LogP contribution < -0.4 is 10.6 Å². The third-order valence-corrected chi connectivity index (χ3v) is 5.50. The van der Waals surface area contributed by atoms with Gasteiger partial charge in [-0.15, -0.1) is 0 Å². The van der Waals surface area contributed by atoms with Crippen LogP contribution in [-0.4, -0.2) is 62.9 Å². The summed E-state index contributed by atoms with van der Waals surface area (Å²) in [5.41, 5.74) is 0. The Labute approximate surface area is 200 Å². The van der Waals surface area contributed by atoms with Gasteiger partial charge in [-0.3, -0.25) is 14.4 Å². The van der Waals surface area contributed by atoms with E-state index < -0.39 is 5.97 Å². The van der Waals surface area contributed by atoms with Crippen molar-refractivity contribution >= 4 is 17.8 Å². The fourth-order valence-electron chi connectivity index (χ4n) is 3.49. The van der Waals surface area contributed by atoms with Gasteiger partial charge in [-0.25, -0.2) is 0 Å². The minimum absolute atomic E-state index is 0.0382. The number of carboxylic acids is 1. The van der Waals surface area contributed by atoms with Gasteiger partial charge in [0.25, 0.3) is 0 Å². The number of hydrogen-bond donors (Lipinski definition) is 3. The van der Waals surface area contributed by atoms with E-state index in [1.54, 1.807) is 7.05 Å². The second kappa shape index (κ2) is 25.0. The molecule has 0 aliphatic heterocycles. The molecule has 0 rings (SSSR count). The van der Waals surface area contributed by atoms with E-state index >= 15 is 0 Å². The molecule has 0 aliphatic rings. The number of nitrogens with one attached hydrogen (secondary N) is 2. The first kappa shape index (κ1) is 31.3. The largest absolute Gasteiger partial charge is 0.481 e. The van der Waals surface area contributed by atoms with Gasteiger partial charge in [0.05, 0.1) is 19.8 Å². The lowest BCUT2D eigenvalue weighted by Crippen LogP contribution is -2.27. The van der Waals surface area contributed by atoms with E-state index in [0.717, 1.165) is 32.1 Å². The number of carbonyl (C=O) groups excluding carboxylic acids is 2. The van der Waals surface area contributed by atoms with Gasteiger partial charge in [0, 0.05) is 26.4 Å². The molecule has 194 valence electrons. The summed E-state index contributed by atoms with van der Waals surface area (Å²) in [6.45, 7) is 1.75. The first-order valence-corrected chi connectivity index (χ1v) is 12.9. The topological polar surface area (TPSA) is 114 Å². The summed E-state index contributed by atoms with van der Waals surface area (Å²) < 4.78 is 10.5. The molecule has 2 amide bonds. The standard InChI is InChI=1S/C25H48N2O6/c1-26-24(29)22-33-21-20-32-19-18-27-23(28)16-14-12-10-8-6-4-2-3-5-7-9-11-13-15-17-25(30)31/h2-22H2,1H3,(H,26,29)(H,27,28)(H,30,31). The molecular formula is C25H48N2O6. The number of amides is 2. The second-order valence-corrected chi connectivity index (χ2v) is 8.53. The van der Waals surface area contributed by atoms with Crippen LogP contribution in [0.25, 0.3) is 0 Å². The highest BCUT2D eigenvalue weighted by molar-refractivity contribution is 5.76. The van der Waals surface area contributed by atoms with Crippen LogP contribution >= 0.6 is 0 Å². The number of unbranched alkanes of at least 4 members (excludes halogenated alkanes) is 13. The second-order valence-electron chi connectivity index (χ2n) is 8.53. The van der Waals surface area contributed by atoms with Crippen molar-refractivity contribution in [3.8, 4) is 0 Å². The predicted molar refractivity (Wildman–Crippen MR) is 130 cm³/mol. The van der Waals surface area contributed by atoms with E-state index in [2.05, 4.69) is 10.6 Å². The first-order chi connectivity index (χ1) is 16.1. The van der Waals surface area contributed by atoms with Gasteiger partial charge < -0.3 is 25.2 Å². The van der Waals surface area contributed by atoms with E-state index in [-0.39, 0.29) is 18.4 Å².